The highest BCUT2D eigenvalue weighted by atomic mass is 16.5. The van der Waals surface area contributed by atoms with Crippen molar-refractivity contribution >= 4 is 5.91 Å². The highest BCUT2D eigenvalue weighted by molar-refractivity contribution is 5.96. The van der Waals surface area contributed by atoms with Crippen molar-refractivity contribution in [1.29, 1.82) is 0 Å². The molecule has 1 N–H and O–H groups in total. The van der Waals surface area contributed by atoms with E-state index in [4.69, 9.17) is 9.47 Å². The van der Waals surface area contributed by atoms with Gasteiger partial charge in [-0.3, -0.25) is 9.69 Å². The van der Waals surface area contributed by atoms with Crippen LogP contribution in [0.2, 0.25) is 0 Å². The number of carbonyl (C=O) groups is 1. The van der Waals surface area contributed by atoms with Crippen LogP contribution in [0.4, 0.5) is 0 Å². The Hall–Kier alpha value is -2.41. The van der Waals surface area contributed by atoms with E-state index in [1.54, 1.807) is 19.2 Å². The first kappa shape index (κ1) is 21.3. The topological polar surface area (TPSA) is 54.0 Å². The van der Waals surface area contributed by atoms with Crippen molar-refractivity contribution in [3.8, 4) is 5.75 Å². The third-order valence-corrected chi connectivity index (χ3v) is 5.15. The molecule has 0 aromatic heterocycles. The maximum absolute atomic E-state index is 12.6. The lowest BCUT2D eigenvalue weighted by atomic mass is 10.1. The minimum Gasteiger partial charge on any atom is -0.490 e. The predicted octanol–water partition coefficient (Wildman–Crippen LogP) is 2.39. The Kier molecular flexibility index (Phi) is 8.04. The number of methoxy groups -OCH3 is 1. The van der Waals surface area contributed by atoms with Crippen LogP contribution in [0.3, 0.4) is 0 Å². The number of nitrogens with zero attached hydrogens (tertiary/aromatic N) is 2. The number of hydrogen-bond donors (Lipinski definition) is 1. The Balaban J connectivity index is 1.50. The minimum atomic E-state index is -0.139. The number of rotatable bonds is 9. The molecule has 1 saturated heterocycles. The molecule has 6 nitrogen and oxygen atoms in total. The van der Waals surface area contributed by atoms with Crippen LogP contribution in [0.5, 0.6) is 5.75 Å². The van der Waals surface area contributed by atoms with Gasteiger partial charge >= 0.3 is 0 Å². The normalized spacial score (nSPS) is 15.2. The van der Waals surface area contributed by atoms with Gasteiger partial charge in [-0.2, -0.15) is 0 Å². The largest absolute Gasteiger partial charge is 0.490 e. The Morgan fingerprint density at radius 1 is 0.966 bits per heavy atom. The molecule has 3 rings (SSSR count). The van der Waals surface area contributed by atoms with Gasteiger partial charge in [-0.05, 0) is 30.3 Å². The van der Waals surface area contributed by atoms with E-state index in [9.17, 15) is 4.79 Å². The van der Waals surface area contributed by atoms with Crippen LogP contribution in [-0.4, -0.2) is 69.3 Å². The van der Waals surface area contributed by atoms with E-state index in [1.807, 2.05) is 12.1 Å². The third kappa shape index (κ3) is 6.56. The van der Waals surface area contributed by atoms with E-state index in [-0.39, 0.29) is 5.91 Å². The molecule has 0 bridgehead atoms. The van der Waals surface area contributed by atoms with Gasteiger partial charge in [-0.1, -0.05) is 36.4 Å². The molecule has 0 unspecified atom stereocenters. The fourth-order valence-electron chi connectivity index (χ4n) is 3.32. The number of nitrogens with one attached hydrogen (secondary N) is 1. The number of para-hydroxylation sites is 1. The molecule has 0 spiro atoms. The van der Waals surface area contributed by atoms with Crippen molar-refractivity contribution in [2.24, 2.45) is 0 Å². The molecule has 1 fully saturated rings. The Labute approximate surface area is 173 Å². The number of ether oxygens (including phenoxy) is 2. The fraction of sp³-hybridized carbons (Fsp3) is 0.435. The molecule has 1 aliphatic rings. The van der Waals surface area contributed by atoms with Crippen molar-refractivity contribution in [3.05, 3.63) is 65.2 Å². The van der Waals surface area contributed by atoms with Gasteiger partial charge in [-0.25, -0.2) is 0 Å². The summed E-state index contributed by atoms with van der Waals surface area (Å²) < 4.78 is 10.7. The van der Waals surface area contributed by atoms with Crippen LogP contribution >= 0.6 is 0 Å². The first-order valence-corrected chi connectivity index (χ1v) is 10.1. The second kappa shape index (κ2) is 11.0. The van der Waals surface area contributed by atoms with Gasteiger partial charge in [-0.15, -0.1) is 0 Å². The third-order valence-electron chi connectivity index (χ3n) is 5.15. The monoisotopic (exact) mass is 397 g/mol. The number of hydrogen-bond acceptors (Lipinski definition) is 5. The van der Waals surface area contributed by atoms with E-state index in [0.717, 1.165) is 38.3 Å². The summed E-state index contributed by atoms with van der Waals surface area (Å²) in [4.78, 5) is 17.4. The van der Waals surface area contributed by atoms with E-state index < -0.39 is 0 Å². The maximum Gasteiger partial charge on any atom is 0.255 e. The predicted molar refractivity (Wildman–Crippen MR) is 114 cm³/mol. The Bertz CT molecular complexity index is 771. The van der Waals surface area contributed by atoms with Crippen LogP contribution < -0.4 is 10.1 Å². The molecule has 1 aliphatic heterocycles. The molecule has 2 aromatic carbocycles. The van der Waals surface area contributed by atoms with Gasteiger partial charge in [0.1, 0.15) is 12.4 Å². The SMILES string of the molecule is COCCOc1ccccc1C(=O)NCc1ccc(CN2CCN(C)CC2)cc1. The van der Waals surface area contributed by atoms with Gasteiger partial charge in [0.15, 0.2) is 0 Å². The molecule has 0 aliphatic carbocycles. The lowest BCUT2D eigenvalue weighted by molar-refractivity contribution is 0.0943. The van der Waals surface area contributed by atoms with Crippen LogP contribution in [-0.2, 0) is 17.8 Å². The zero-order valence-electron chi connectivity index (χ0n) is 17.4. The summed E-state index contributed by atoms with van der Waals surface area (Å²) in [5.41, 5.74) is 2.93. The Morgan fingerprint density at radius 3 is 2.38 bits per heavy atom. The molecule has 0 saturated carbocycles. The summed E-state index contributed by atoms with van der Waals surface area (Å²) in [5.74, 6) is 0.434. The molecule has 156 valence electrons. The summed E-state index contributed by atoms with van der Waals surface area (Å²) in [6, 6.07) is 15.8. The lowest BCUT2D eigenvalue weighted by Crippen LogP contribution is -2.43. The zero-order chi connectivity index (χ0) is 20.5. The summed E-state index contributed by atoms with van der Waals surface area (Å²) >= 11 is 0. The number of piperazine rings is 1. The molecule has 0 radical (unpaired) electrons. The summed E-state index contributed by atoms with van der Waals surface area (Å²) in [6.07, 6.45) is 0. The quantitative estimate of drug-likeness (QED) is 0.659. The highest BCUT2D eigenvalue weighted by Gasteiger charge is 2.14. The summed E-state index contributed by atoms with van der Waals surface area (Å²) in [5, 5.41) is 2.99. The van der Waals surface area contributed by atoms with Crippen molar-refractivity contribution in [3.63, 3.8) is 0 Å². The van der Waals surface area contributed by atoms with E-state index in [1.165, 1.54) is 5.56 Å². The number of carbonyl (C=O) groups excluding carboxylic acids is 1. The molecular formula is C23H31N3O3. The minimum absolute atomic E-state index is 0.139. The summed E-state index contributed by atoms with van der Waals surface area (Å²) in [6.45, 7) is 6.83. The van der Waals surface area contributed by atoms with Crippen molar-refractivity contribution < 1.29 is 14.3 Å². The zero-order valence-corrected chi connectivity index (χ0v) is 17.4. The van der Waals surface area contributed by atoms with Crippen molar-refractivity contribution in [1.82, 2.24) is 15.1 Å². The average molecular weight is 398 g/mol. The highest BCUT2D eigenvalue weighted by Crippen LogP contribution is 2.18. The van der Waals surface area contributed by atoms with Crippen molar-refractivity contribution in [2.45, 2.75) is 13.1 Å². The van der Waals surface area contributed by atoms with Gasteiger partial charge in [0.2, 0.25) is 0 Å². The number of likely N-dealkylation sites (N-methyl/N-ethyl adjacent to an activating group) is 1. The van der Waals surface area contributed by atoms with E-state index >= 15 is 0 Å². The molecule has 2 aromatic rings. The van der Waals surface area contributed by atoms with Crippen LogP contribution in [0, 0.1) is 0 Å². The molecule has 1 heterocycles. The smallest absolute Gasteiger partial charge is 0.255 e. The van der Waals surface area contributed by atoms with E-state index in [2.05, 4.69) is 46.4 Å². The molecule has 6 heteroatoms. The second-order valence-corrected chi connectivity index (χ2v) is 7.42. The van der Waals surface area contributed by atoms with Crippen molar-refractivity contribution in [2.75, 3.05) is 53.6 Å². The van der Waals surface area contributed by atoms with Gasteiger partial charge in [0.05, 0.1) is 12.2 Å². The number of amides is 1. The maximum atomic E-state index is 12.6. The first-order valence-electron chi connectivity index (χ1n) is 10.1. The molecule has 1 amide bonds. The van der Waals surface area contributed by atoms with Gasteiger partial charge in [0.25, 0.3) is 5.91 Å². The molecule has 29 heavy (non-hydrogen) atoms. The Morgan fingerprint density at radius 2 is 1.66 bits per heavy atom. The van der Waals surface area contributed by atoms with Crippen LogP contribution in [0.25, 0.3) is 0 Å². The standard InChI is InChI=1S/C23H31N3O3/c1-25-11-13-26(14-12-25)18-20-9-7-19(8-10-20)17-24-23(27)21-5-3-4-6-22(21)29-16-15-28-2/h3-10H,11-18H2,1-2H3,(H,24,27). The number of benzene rings is 2. The molecular weight excluding hydrogens is 366 g/mol. The second-order valence-electron chi connectivity index (χ2n) is 7.42. The van der Waals surface area contributed by atoms with E-state index in [0.29, 0.717) is 31.1 Å². The summed E-state index contributed by atoms with van der Waals surface area (Å²) in [7, 11) is 3.79. The van der Waals surface area contributed by atoms with Gasteiger partial charge in [0, 0.05) is 46.4 Å². The van der Waals surface area contributed by atoms with Gasteiger partial charge < -0.3 is 19.7 Å². The fourth-order valence-corrected chi connectivity index (χ4v) is 3.32. The average Bonchev–Trinajstić information content (AvgIpc) is 2.75. The lowest BCUT2D eigenvalue weighted by Gasteiger charge is -2.32. The van der Waals surface area contributed by atoms with Crippen LogP contribution in [0.1, 0.15) is 21.5 Å². The van der Waals surface area contributed by atoms with Crippen LogP contribution in [0.15, 0.2) is 48.5 Å². The first-order chi connectivity index (χ1) is 14.2. The molecule has 0 atom stereocenters.